The van der Waals surface area contributed by atoms with Gasteiger partial charge in [0.15, 0.2) is 0 Å². The molecule has 1 atom stereocenters. The molecule has 118 valence electrons. The number of piperidine rings is 1. The molecule has 0 amide bonds. The molecule has 1 aromatic rings. The number of aromatic nitrogens is 2. The second kappa shape index (κ2) is 7.04. The number of ether oxygens (including phenoxy) is 2. The highest BCUT2D eigenvalue weighted by atomic mass is 32.2. The van der Waals surface area contributed by atoms with E-state index in [1.54, 1.807) is 12.1 Å². The van der Waals surface area contributed by atoms with Crippen LogP contribution in [-0.4, -0.2) is 55.0 Å². The first-order chi connectivity index (χ1) is 10.0. The summed E-state index contributed by atoms with van der Waals surface area (Å²) >= 11 is 0. The van der Waals surface area contributed by atoms with E-state index in [-0.39, 0.29) is 11.9 Å². The fourth-order valence-electron chi connectivity index (χ4n) is 2.29. The lowest BCUT2D eigenvalue weighted by Gasteiger charge is -2.31. The Morgan fingerprint density at radius 2 is 2.05 bits per heavy atom. The predicted molar refractivity (Wildman–Crippen MR) is 77.9 cm³/mol. The molecule has 0 spiro atoms. The molecule has 1 aromatic heterocycles. The van der Waals surface area contributed by atoms with Crippen LogP contribution < -0.4 is 9.47 Å². The van der Waals surface area contributed by atoms with E-state index in [4.69, 9.17) is 9.47 Å². The summed E-state index contributed by atoms with van der Waals surface area (Å²) in [5.74, 6) is 0.982. The summed E-state index contributed by atoms with van der Waals surface area (Å²) in [6, 6.07) is 3.34. The molecule has 0 bridgehead atoms. The van der Waals surface area contributed by atoms with Crippen molar-refractivity contribution in [2.45, 2.75) is 32.3 Å². The average molecular weight is 315 g/mol. The van der Waals surface area contributed by atoms with Crippen LogP contribution in [0.25, 0.3) is 0 Å². The van der Waals surface area contributed by atoms with Crippen molar-refractivity contribution in [2.75, 3.05) is 26.0 Å². The van der Waals surface area contributed by atoms with Crippen LogP contribution in [0.2, 0.25) is 0 Å². The van der Waals surface area contributed by atoms with Gasteiger partial charge in [0.2, 0.25) is 21.8 Å². The zero-order valence-corrected chi connectivity index (χ0v) is 13.2. The van der Waals surface area contributed by atoms with Gasteiger partial charge in [-0.3, -0.25) is 0 Å². The highest BCUT2D eigenvalue weighted by Crippen LogP contribution is 2.19. The van der Waals surface area contributed by atoms with Crippen LogP contribution in [0.3, 0.4) is 0 Å². The van der Waals surface area contributed by atoms with Gasteiger partial charge in [-0.2, -0.15) is 4.31 Å². The Bertz CT molecular complexity index is 547. The van der Waals surface area contributed by atoms with Crippen LogP contribution >= 0.6 is 0 Å². The zero-order valence-electron chi connectivity index (χ0n) is 12.4. The quantitative estimate of drug-likeness (QED) is 0.781. The maximum atomic E-state index is 12.1. The smallest absolute Gasteiger partial charge is 0.233 e. The topological polar surface area (TPSA) is 81.6 Å². The summed E-state index contributed by atoms with van der Waals surface area (Å²) in [4.78, 5) is 0. The second-order valence-electron chi connectivity index (χ2n) is 4.97. The van der Waals surface area contributed by atoms with Crippen LogP contribution in [0.15, 0.2) is 12.1 Å². The molecular formula is C13H21N3O4S. The van der Waals surface area contributed by atoms with Crippen molar-refractivity contribution in [1.82, 2.24) is 14.5 Å². The van der Waals surface area contributed by atoms with E-state index in [1.165, 1.54) is 11.4 Å². The molecule has 1 aliphatic rings. The third-order valence-corrected chi connectivity index (χ3v) is 5.35. The van der Waals surface area contributed by atoms with Gasteiger partial charge in [-0.25, -0.2) is 8.42 Å². The molecular weight excluding hydrogens is 294 g/mol. The number of nitrogens with zero attached hydrogens (tertiary/aromatic N) is 3. The van der Waals surface area contributed by atoms with E-state index < -0.39 is 10.0 Å². The zero-order chi connectivity index (χ0) is 15.3. The third-order valence-electron chi connectivity index (χ3n) is 3.31. The van der Waals surface area contributed by atoms with Gasteiger partial charge in [-0.15, -0.1) is 10.2 Å². The van der Waals surface area contributed by atoms with Gasteiger partial charge in [0.1, 0.15) is 6.10 Å². The molecule has 1 unspecified atom stereocenters. The molecule has 0 aromatic carbocycles. The largest absolute Gasteiger partial charge is 0.480 e. The van der Waals surface area contributed by atoms with Crippen LogP contribution in [0.4, 0.5) is 0 Å². The molecule has 1 saturated heterocycles. The Balaban J connectivity index is 1.97. The van der Waals surface area contributed by atoms with Gasteiger partial charge in [0, 0.05) is 18.7 Å². The molecule has 0 radical (unpaired) electrons. The van der Waals surface area contributed by atoms with Crippen molar-refractivity contribution >= 4 is 10.0 Å². The Labute approximate surface area is 125 Å². The summed E-state index contributed by atoms with van der Waals surface area (Å²) in [7, 11) is -1.66. The first-order valence-corrected chi connectivity index (χ1v) is 8.68. The van der Waals surface area contributed by atoms with Gasteiger partial charge in [0.05, 0.1) is 19.4 Å². The maximum absolute atomic E-state index is 12.1. The summed E-state index contributed by atoms with van der Waals surface area (Å²) in [6.07, 6.45) is 2.03. The Hall–Kier alpha value is -1.41. The number of hydrogen-bond donors (Lipinski definition) is 0. The first-order valence-electron chi connectivity index (χ1n) is 7.07. The van der Waals surface area contributed by atoms with Crippen molar-refractivity contribution < 1.29 is 17.9 Å². The lowest BCUT2D eigenvalue weighted by Crippen LogP contribution is -2.45. The van der Waals surface area contributed by atoms with E-state index in [0.717, 1.165) is 12.8 Å². The lowest BCUT2D eigenvalue weighted by molar-refractivity contribution is 0.123. The molecule has 0 N–H and O–H groups in total. The highest BCUT2D eigenvalue weighted by Gasteiger charge is 2.29. The minimum absolute atomic E-state index is 0.183. The van der Waals surface area contributed by atoms with Crippen LogP contribution in [0.1, 0.15) is 26.2 Å². The van der Waals surface area contributed by atoms with Gasteiger partial charge in [0.25, 0.3) is 0 Å². The third kappa shape index (κ3) is 4.28. The maximum Gasteiger partial charge on any atom is 0.233 e. The molecule has 2 heterocycles. The molecule has 8 heteroatoms. The van der Waals surface area contributed by atoms with Crippen LogP contribution in [-0.2, 0) is 10.0 Å². The normalized spacial score (nSPS) is 20.2. The van der Waals surface area contributed by atoms with Crippen molar-refractivity contribution in [3.63, 3.8) is 0 Å². The van der Waals surface area contributed by atoms with Crippen molar-refractivity contribution in [3.8, 4) is 11.8 Å². The number of methoxy groups -OCH3 is 1. The van der Waals surface area contributed by atoms with Crippen molar-refractivity contribution in [1.29, 1.82) is 0 Å². The number of sulfonamides is 1. The van der Waals surface area contributed by atoms with E-state index in [1.807, 2.05) is 6.92 Å². The molecule has 0 aliphatic carbocycles. The fourth-order valence-corrected chi connectivity index (χ4v) is 3.87. The minimum Gasteiger partial charge on any atom is -0.480 e. The second-order valence-corrected chi connectivity index (χ2v) is 7.06. The van der Waals surface area contributed by atoms with Crippen molar-refractivity contribution in [3.05, 3.63) is 12.1 Å². The summed E-state index contributed by atoms with van der Waals surface area (Å²) in [5.41, 5.74) is 0. The van der Waals surface area contributed by atoms with Crippen LogP contribution in [0, 0.1) is 0 Å². The highest BCUT2D eigenvalue weighted by molar-refractivity contribution is 7.89. The van der Waals surface area contributed by atoms with E-state index in [9.17, 15) is 8.42 Å². The summed E-state index contributed by atoms with van der Waals surface area (Å²) in [6.45, 7) is 2.80. The minimum atomic E-state index is -3.17. The monoisotopic (exact) mass is 315 g/mol. The average Bonchev–Trinajstić information content (AvgIpc) is 2.48. The predicted octanol–water partition coefficient (Wildman–Crippen LogP) is 1.07. The van der Waals surface area contributed by atoms with E-state index in [0.29, 0.717) is 31.3 Å². The Morgan fingerprint density at radius 3 is 2.67 bits per heavy atom. The number of hydrogen-bond acceptors (Lipinski definition) is 6. The lowest BCUT2D eigenvalue weighted by atomic mass is 10.1. The van der Waals surface area contributed by atoms with E-state index >= 15 is 0 Å². The first kappa shape index (κ1) is 16.0. The molecule has 7 nitrogen and oxygen atoms in total. The molecule has 1 fully saturated rings. The molecule has 0 saturated carbocycles. The standard InChI is InChI=1S/C13H21N3O4S/c1-3-9-21(17,18)16-8-4-5-11(10-16)20-13-7-6-12(19-2)14-15-13/h6-7,11H,3-5,8-10H2,1-2H3. The SMILES string of the molecule is CCCS(=O)(=O)N1CCCC(Oc2ccc(OC)nn2)C1. The summed E-state index contributed by atoms with van der Waals surface area (Å²) in [5, 5.41) is 7.73. The Morgan fingerprint density at radius 1 is 1.33 bits per heavy atom. The Kier molecular flexibility index (Phi) is 5.35. The van der Waals surface area contributed by atoms with Gasteiger partial charge >= 0.3 is 0 Å². The van der Waals surface area contributed by atoms with Crippen molar-refractivity contribution in [2.24, 2.45) is 0 Å². The summed E-state index contributed by atoms with van der Waals surface area (Å²) < 4.78 is 36.4. The van der Waals surface area contributed by atoms with Crippen LogP contribution in [0.5, 0.6) is 11.8 Å². The molecule has 1 aliphatic heterocycles. The fraction of sp³-hybridized carbons (Fsp3) is 0.692. The van der Waals surface area contributed by atoms with Gasteiger partial charge in [-0.1, -0.05) is 6.92 Å². The molecule has 2 rings (SSSR count). The van der Waals surface area contributed by atoms with Gasteiger partial charge in [-0.05, 0) is 19.3 Å². The molecule has 21 heavy (non-hydrogen) atoms. The van der Waals surface area contributed by atoms with Gasteiger partial charge < -0.3 is 9.47 Å². The van der Waals surface area contributed by atoms with E-state index in [2.05, 4.69) is 10.2 Å². The number of rotatable bonds is 6.